The highest BCUT2D eigenvalue weighted by Gasteiger charge is 2.25. The van der Waals surface area contributed by atoms with E-state index in [1.807, 2.05) is 7.05 Å². The number of nitrogens with one attached hydrogen (secondary N) is 1. The number of likely N-dealkylation sites (tertiary alicyclic amines) is 2. The summed E-state index contributed by atoms with van der Waals surface area (Å²) in [4.78, 5) is 9.55. The molecule has 2 aliphatic rings. The normalized spacial score (nSPS) is 24.7. The fraction of sp³-hybridized carbons (Fsp3) is 0.947. The van der Waals surface area contributed by atoms with Gasteiger partial charge in [-0.15, -0.1) is 0 Å². The lowest BCUT2D eigenvalue weighted by molar-refractivity contribution is 0.187. The number of aliphatic imine (C=N–C) groups is 1. The van der Waals surface area contributed by atoms with E-state index < -0.39 is 0 Å². The number of piperidine rings is 1. The number of guanidine groups is 1. The van der Waals surface area contributed by atoms with Gasteiger partial charge in [0.2, 0.25) is 0 Å². The van der Waals surface area contributed by atoms with Gasteiger partial charge in [-0.05, 0) is 69.5 Å². The fourth-order valence-corrected chi connectivity index (χ4v) is 4.20. The average molecular weight is 323 g/mol. The maximum atomic E-state index is 4.51. The summed E-state index contributed by atoms with van der Waals surface area (Å²) in [5.74, 6) is 3.69. The van der Waals surface area contributed by atoms with Gasteiger partial charge in [-0.2, -0.15) is 0 Å². The molecule has 2 aliphatic heterocycles. The summed E-state index contributed by atoms with van der Waals surface area (Å²) >= 11 is 0. The molecule has 0 bridgehead atoms. The second-order valence-electron chi connectivity index (χ2n) is 7.87. The van der Waals surface area contributed by atoms with Crippen molar-refractivity contribution in [2.45, 2.75) is 52.9 Å². The van der Waals surface area contributed by atoms with E-state index in [0.717, 1.165) is 30.3 Å². The minimum absolute atomic E-state index is 0.809. The van der Waals surface area contributed by atoms with Crippen molar-refractivity contribution >= 4 is 5.96 Å². The van der Waals surface area contributed by atoms with E-state index in [1.54, 1.807) is 0 Å². The highest BCUT2D eigenvalue weighted by molar-refractivity contribution is 5.80. The van der Waals surface area contributed by atoms with Crippen LogP contribution in [0.2, 0.25) is 0 Å². The number of rotatable bonds is 6. The molecule has 4 heteroatoms. The van der Waals surface area contributed by atoms with Gasteiger partial charge in [-0.3, -0.25) is 4.99 Å². The van der Waals surface area contributed by atoms with Gasteiger partial charge in [-0.1, -0.05) is 20.8 Å². The van der Waals surface area contributed by atoms with Crippen LogP contribution in [0.5, 0.6) is 0 Å². The molecule has 4 nitrogen and oxygen atoms in total. The molecule has 1 atom stereocenters. The van der Waals surface area contributed by atoms with E-state index in [-0.39, 0.29) is 0 Å². The molecule has 2 saturated heterocycles. The second kappa shape index (κ2) is 9.51. The van der Waals surface area contributed by atoms with Crippen LogP contribution in [0.4, 0.5) is 0 Å². The van der Waals surface area contributed by atoms with Crippen LogP contribution in [0.25, 0.3) is 0 Å². The van der Waals surface area contributed by atoms with Crippen LogP contribution in [-0.4, -0.2) is 62.1 Å². The van der Waals surface area contributed by atoms with Crippen molar-refractivity contribution in [2.75, 3.05) is 46.3 Å². The summed E-state index contributed by atoms with van der Waals surface area (Å²) < 4.78 is 0. The molecule has 23 heavy (non-hydrogen) atoms. The third kappa shape index (κ3) is 5.98. The Morgan fingerprint density at radius 2 is 1.83 bits per heavy atom. The quantitative estimate of drug-likeness (QED) is 0.602. The highest BCUT2D eigenvalue weighted by Crippen LogP contribution is 2.23. The Morgan fingerprint density at radius 1 is 1.13 bits per heavy atom. The van der Waals surface area contributed by atoms with Crippen LogP contribution in [-0.2, 0) is 0 Å². The summed E-state index contributed by atoms with van der Waals surface area (Å²) in [6.07, 6.45) is 6.71. The zero-order valence-corrected chi connectivity index (χ0v) is 15.9. The van der Waals surface area contributed by atoms with E-state index >= 15 is 0 Å². The van der Waals surface area contributed by atoms with Crippen LogP contribution >= 0.6 is 0 Å². The van der Waals surface area contributed by atoms with Gasteiger partial charge in [0.25, 0.3) is 0 Å². The van der Waals surface area contributed by atoms with E-state index in [4.69, 9.17) is 0 Å². The first-order valence-electron chi connectivity index (χ1n) is 9.80. The van der Waals surface area contributed by atoms with Gasteiger partial charge in [-0.25, -0.2) is 0 Å². The number of hydrogen-bond acceptors (Lipinski definition) is 2. The predicted octanol–water partition coefficient (Wildman–Crippen LogP) is 3.05. The molecule has 2 rings (SSSR count). The Labute approximate surface area is 143 Å². The van der Waals surface area contributed by atoms with E-state index in [9.17, 15) is 0 Å². The fourth-order valence-electron chi connectivity index (χ4n) is 4.20. The SMILES string of the molecule is CCN1CCC(CCNC(=NC)N2CCC(CC(C)C)C2)CC1. The summed E-state index contributed by atoms with van der Waals surface area (Å²) in [5.41, 5.74) is 0. The molecular weight excluding hydrogens is 284 g/mol. The van der Waals surface area contributed by atoms with Crippen molar-refractivity contribution in [2.24, 2.45) is 22.7 Å². The lowest BCUT2D eigenvalue weighted by Gasteiger charge is -2.31. The Bertz CT molecular complexity index is 358. The molecule has 1 N–H and O–H groups in total. The Balaban J connectivity index is 1.66. The molecule has 2 fully saturated rings. The van der Waals surface area contributed by atoms with Gasteiger partial charge >= 0.3 is 0 Å². The molecule has 134 valence electrons. The van der Waals surface area contributed by atoms with Crippen molar-refractivity contribution < 1.29 is 0 Å². The van der Waals surface area contributed by atoms with Crippen LogP contribution in [0.1, 0.15) is 52.9 Å². The molecule has 0 aliphatic carbocycles. The van der Waals surface area contributed by atoms with Crippen LogP contribution in [0.3, 0.4) is 0 Å². The standard InChI is InChI=1S/C19H38N4/c1-5-22-11-7-17(8-12-22)6-10-21-19(20-4)23-13-9-18(15-23)14-16(2)3/h16-18H,5-15H2,1-4H3,(H,20,21). The molecule has 0 aromatic carbocycles. The molecular formula is C19H38N4. The summed E-state index contributed by atoms with van der Waals surface area (Å²) in [7, 11) is 1.93. The number of nitrogens with zero attached hydrogens (tertiary/aromatic N) is 3. The van der Waals surface area contributed by atoms with Crippen LogP contribution in [0.15, 0.2) is 4.99 Å². The Kier molecular flexibility index (Phi) is 7.68. The Morgan fingerprint density at radius 3 is 2.43 bits per heavy atom. The lowest BCUT2D eigenvalue weighted by atomic mass is 9.93. The molecule has 0 amide bonds. The van der Waals surface area contributed by atoms with Gasteiger partial charge in [0.1, 0.15) is 0 Å². The lowest BCUT2D eigenvalue weighted by Crippen LogP contribution is -2.41. The predicted molar refractivity (Wildman–Crippen MR) is 100.0 cm³/mol. The summed E-state index contributed by atoms with van der Waals surface area (Å²) in [6, 6.07) is 0. The molecule has 0 aromatic rings. The molecule has 0 aromatic heterocycles. The summed E-state index contributed by atoms with van der Waals surface area (Å²) in [5, 5.41) is 3.62. The van der Waals surface area contributed by atoms with Crippen molar-refractivity contribution in [3.8, 4) is 0 Å². The van der Waals surface area contributed by atoms with Gasteiger partial charge in [0.05, 0.1) is 0 Å². The summed E-state index contributed by atoms with van der Waals surface area (Å²) in [6.45, 7) is 14.2. The van der Waals surface area contributed by atoms with Crippen molar-refractivity contribution in [3.63, 3.8) is 0 Å². The van der Waals surface area contributed by atoms with Crippen LogP contribution < -0.4 is 5.32 Å². The molecule has 0 saturated carbocycles. The molecule has 0 radical (unpaired) electrons. The minimum Gasteiger partial charge on any atom is -0.356 e. The Hall–Kier alpha value is -0.770. The topological polar surface area (TPSA) is 30.9 Å². The first-order chi connectivity index (χ1) is 11.1. The monoisotopic (exact) mass is 322 g/mol. The second-order valence-corrected chi connectivity index (χ2v) is 7.87. The van der Waals surface area contributed by atoms with E-state index in [2.05, 4.69) is 40.9 Å². The third-order valence-electron chi connectivity index (χ3n) is 5.59. The first-order valence-corrected chi connectivity index (χ1v) is 9.80. The van der Waals surface area contributed by atoms with Gasteiger partial charge in [0, 0.05) is 26.7 Å². The smallest absolute Gasteiger partial charge is 0.193 e. The minimum atomic E-state index is 0.809. The van der Waals surface area contributed by atoms with Gasteiger partial charge in [0.15, 0.2) is 5.96 Å². The molecule has 0 spiro atoms. The first kappa shape index (κ1) is 18.6. The number of hydrogen-bond donors (Lipinski definition) is 1. The maximum absolute atomic E-state index is 4.51. The van der Waals surface area contributed by atoms with Crippen molar-refractivity contribution in [3.05, 3.63) is 0 Å². The largest absolute Gasteiger partial charge is 0.356 e. The average Bonchev–Trinajstić information content (AvgIpc) is 2.99. The van der Waals surface area contributed by atoms with Crippen molar-refractivity contribution in [1.29, 1.82) is 0 Å². The molecule has 1 unspecified atom stereocenters. The van der Waals surface area contributed by atoms with E-state index in [0.29, 0.717) is 0 Å². The third-order valence-corrected chi connectivity index (χ3v) is 5.59. The van der Waals surface area contributed by atoms with Crippen LogP contribution in [0, 0.1) is 17.8 Å². The zero-order chi connectivity index (χ0) is 16.7. The zero-order valence-electron chi connectivity index (χ0n) is 15.9. The highest BCUT2D eigenvalue weighted by atomic mass is 15.3. The molecule has 2 heterocycles. The van der Waals surface area contributed by atoms with Gasteiger partial charge < -0.3 is 15.1 Å². The maximum Gasteiger partial charge on any atom is 0.193 e. The van der Waals surface area contributed by atoms with Crippen molar-refractivity contribution in [1.82, 2.24) is 15.1 Å². The van der Waals surface area contributed by atoms with E-state index in [1.165, 1.54) is 64.8 Å².